The van der Waals surface area contributed by atoms with Crippen molar-refractivity contribution in [2.75, 3.05) is 19.6 Å². The van der Waals surface area contributed by atoms with Gasteiger partial charge in [-0.1, -0.05) is 35.5 Å². The van der Waals surface area contributed by atoms with Gasteiger partial charge in [-0.3, -0.25) is 14.4 Å². The summed E-state index contributed by atoms with van der Waals surface area (Å²) < 4.78 is 12.7. The molecule has 4 aromatic rings. The maximum Gasteiger partial charge on any atom is 0.273 e. The molecule has 0 aliphatic carbocycles. The van der Waals surface area contributed by atoms with Crippen molar-refractivity contribution >= 4 is 5.91 Å². The number of aryl methyl sites for hydroxylation is 3. The first kappa shape index (κ1) is 23.5. The highest BCUT2D eigenvalue weighted by Gasteiger charge is 2.21. The smallest absolute Gasteiger partial charge is 0.273 e. The second kappa shape index (κ2) is 11.0. The monoisotopic (exact) mass is 461 g/mol. The van der Waals surface area contributed by atoms with Gasteiger partial charge in [-0.25, -0.2) is 0 Å². The predicted molar refractivity (Wildman–Crippen MR) is 129 cm³/mol. The Morgan fingerprint density at radius 2 is 1.91 bits per heavy atom. The average molecular weight is 462 g/mol. The number of hydrogen-bond acceptors (Lipinski definition) is 6. The summed E-state index contributed by atoms with van der Waals surface area (Å²) in [6, 6.07) is 16.3. The molecule has 0 radical (unpaired) electrons. The minimum atomic E-state index is -0.241. The number of hydrogen-bond donors (Lipinski definition) is 1. The van der Waals surface area contributed by atoms with Crippen LogP contribution in [0.4, 0.5) is 0 Å². The molecule has 0 bridgehead atoms. The van der Waals surface area contributed by atoms with E-state index in [9.17, 15) is 4.79 Å². The van der Waals surface area contributed by atoms with E-state index in [-0.39, 0.29) is 5.91 Å². The zero-order valence-electron chi connectivity index (χ0n) is 20.0. The number of benzene rings is 1. The van der Waals surface area contributed by atoms with Crippen molar-refractivity contribution in [1.82, 2.24) is 25.2 Å². The molecule has 8 nitrogen and oxygen atoms in total. The summed E-state index contributed by atoms with van der Waals surface area (Å²) in [5.74, 6) is 1.29. The summed E-state index contributed by atoms with van der Waals surface area (Å²) in [5.41, 5.74) is 4.30. The van der Waals surface area contributed by atoms with Gasteiger partial charge in [0.05, 0.1) is 25.0 Å². The lowest BCUT2D eigenvalue weighted by atomic mass is 10.1. The highest BCUT2D eigenvalue weighted by molar-refractivity contribution is 5.93. The van der Waals surface area contributed by atoms with Crippen LogP contribution in [-0.4, -0.2) is 45.4 Å². The Balaban J connectivity index is 1.36. The normalized spacial score (nSPS) is 11.3. The first-order valence-corrected chi connectivity index (χ1v) is 11.5. The Morgan fingerprint density at radius 1 is 1.09 bits per heavy atom. The number of rotatable bonds is 11. The van der Waals surface area contributed by atoms with Crippen LogP contribution in [0.15, 0.2) is 63.7 Å². The van der Waals surface area contributed by atoms with E-state index in [2.05, 4.69) is 44.7 Å². The van der Waals surface area contributed by atoms with E-state index in [1.54, 1.807) is 6.26 Å². The van der Waals surface area contributed by atoms with Gasteiger partial charge in [0.25, 0.3) is 5.91 Å². The molecule has 0 aliphatic rings. The third-order valence-electron chi connectivity index (χ3n) is 5.84. The highest BCUT2D eigenvalue weighted by Crippen LogP contribution is 2.16. The first-order chi connectivity index (χ1) is 16.5. The van der Waals surface area contributed by atoms with Crippen molar-refractivity contribution in [2.24, 2.45) is 0 Å². The zero-order valence-corrected chi connectivity index (χ0v) is 20.0. The van der Waals surface area contributed by atoms with Crippen LogP contribution in [-0.2, 0) is 19.5 Å². The minimum Gasteiger partial charge on any atom is -0.468 e. The molecule has 0 saturated heterocycles. The molecule has 3 aromatic heterocycles. The Morgan fingerprint density at radius 3 is 2.62 bits per heavy atom. The molecule has 0 spiro atoms. The van der Waals surface area contributed by atoms with Crippen molar-refractivity contribution in [3.63, 3.8) is 0 Å². The van der Waals surface area contributed by atoms with Gasteiger partial charge in [-0.15, -0.1) is 0 Å². The number of amides is 1. The summed E-state index contributed by atoms with van der Waals surface area (Å²) in [6.07, 6.45) is 2.61. The van der Waals surface area contributed by atoms with E-state index < -0.39 is 0 Å². The van der Waals surface area contributed by atoms with Gasteiger partial charge in [-0.05, 0) is 51.0 Å². The predicted octanol–water partition coefficient (Wildman–Crippen LogP) is 3.91. The first-order valence-electron chi connectivity index (χ1n) is 11.5. The fourth-order valence-corrected chi connectivity index (χ4v) is 3.98. The zero-order chi connectivity index (χ0) is 23.9. The number of furan rings is 1. The quantitative estimate of drug-likeness (QED) is 0.364. The third-order valence-corrected chi connectivity index (χ3v) is 5.84. The van der Waals surface area contributed by atoms with Gasteiger partial charge in [-0.2, -0.15) is 5.10 Å². The van der Waals surface area contributed by atoms with E-state index in [1.807, 2.05) is 49.7 Å². The van der Waals surface area contributed by atoms with Crippen molar-refractivity contribution in [1.29, 1.82) is 0 Å². The molecule has 0 saturated carbocycles. The molecule has 4 rings (SSSR count). The largest absolute Gasteiger partial charge is 0.468 e. The topological polar surface area (TPSA) is 89.3 Å². The Labute approximate surface area is 199 Å². The molecule has 1 amide bonds. The van der Waals surface area contributed by atoms with Crippen LogP contribution in [0.5, 0.6) is 0 Å². The molecule has 8 heteroatoms. The number of carbonyl (C=O) groups is 1. The van der Waals surface area contributed by atoms with Crippen molar-refractivity contribution in [3.8, 4) is 0 Å². The summed E-state index contributed by atoms with van der Waals surface area (Å²) >= 11 is 0. The van der Waals surface area contributed by atoms with E-state index in [0.717, 1.165) is 35.7 Å². The molecule has 0 atom stereocenters. The van der Waals surface area contributed by atoms with Crippen LogP contribution < -0.4 is 5.32 Å². The molecular formula is C26H31N5O3. The number of aromatic nitrogens is 3. The van der Waals surface area contributed by atoms with E-state index in [4.69, 9.17) is 8.94 Å². The Bertz CT molecular complexity index is 1190. The van der Waals surface area contributed by atoms with Crippen LogP contribution in [0.1, 0.15) is 44.5 Å². The fourth-order valence-electron chi connectivity index (χ4n) is 3.98. The Kier molecular flexibility index (Phi) is 7.59. The van der Waals surface area contributed by atoms with Crippen LogP contribution in [0, 0.1) is 20.8 Å². The van der Waals surface area contributed by atoms with Crippen LogP contribution in [0.2, 0.25) is 0 Å². The molecule has 1 aromatic carbocycles. The van der Waals surface area contributed by atoms with Gasteiger partial charge in [0.15, 0.2) is 5.69 Å². The summed E-state index contributed by atoms with van der Waals surface area (Å²) in [6.45, 7) is 8.91. The second-order valence-electron chi connectivity index (χ2n) is 8.50. The van der Waals surface area contributed by atoms with Gasteiger partial charge in [0.2, 0.25) is 0 Å². The fraction of sp³-hybridized carbons (Fsp3) is 0.346. The minimum absolute atomic E-state index is 0.241. The van der Waals surface area contributed by atoms with Crippen LogP contribution in [0.25, 0.3) is 0 Å². The molecule has 0 aliphatic heterocycles. The van der Waals surface area contributed by atoms with E-state index >= 15 is 0 Å². The molecule has 1 N–H and O–H groups in total. The molecular weight excluding hydrogens is 430 g/mol. The Hall–Kier alpha value is -3.65. The number of nitrogens with zero attached hydrogens (tertiary/aromatic N) is 4. The summed E-state index contributed by atoms with van der Waals surface area (Å²) in [4.78, 5) is 15.2. The van der Waals surface area contributed by atoms with Crippen molar-refractivity contribution in [3.05, 3.63) is 94.5 Å². The molecule has 0 unspecified atom stereocenters. The molecule has 0 fully saturated rings. The lowest BCUT2D eigenvalue weighted by Crippen LogP contribution is -2.36. The lowest BCUT2D eigenvalue weighted by Gasteiger charge is -2.21. The van der Waals surface area contributed by atoms with Crippen molar-refractivity contribution < 1.29 is 13.7 Å². The molecule has 3 heterocycles. The van der Waals surface area contributed by atoms with Gasteiger partial charge in [0, 0.05) is 30.9 Å². The standard InChI is InChI=1S/C26H31N5O3/c1-19-16-20(2)31(28-19)18-24-21(3)34-29-25(24)26(32)27-12-14-30(17-23-10-7-15-33-23)13-11-22-8-5-4-6-9-22/h4-10,15-16H,11-14,17-18H2,1-3H3,(H,27,32). The average Bonchev–Trinajstić information content (AvgIpc) is 3.54. The third kappa shape index (κ3) is 6.02. The maximum absolute atomic E-state index is 12.9. The number of nitrogens with one attached hydrogen (secondary N) is 1. The maximum atomic E-state index is 12.9. The van der Waals surface area contributed by atoms with Crippen LogP contribution >= 0.6 is 0 Å². The van der Waals surface area contributed by atoms with Gasteiger partial charge < -0.3 is 14.3 Å². The van der Waals surface area contributed by atoms with E-state index in [0.29, 0.717) is 37.6 Å². The highest BCUT2D eigenvalue weighted by atomic mass is 16.5. The van der Waals surface area contributed by atoms with Crippen molar-refractivity contribution in [2.45, 2.75) is 40.3 Å². The SMILES string of the molecule is Cc1cc(C)n(Cc2c(C(=O)NCCN(CCc3ccccc3)Cc3ccco3)noc2C)n1. The molecule has 178 valence electrons. The van der Waals surface area contributed by atoms with Crippen LogP contribution in [0.3, 0.4) is 0 Å². The second-order valence-corrected chi connectivity index (χ2v) is 8.50. The number of carbonyl (C=O) groups excluding carboxylic acids is 1. The van der Waals surface area contributed by atoms with Gasteiger partial charge in [0.1, 0.15) is 11.5 Å². The summed E-state index contributed by atoms with van der Waals surface area (Å²) in [5, 5.41) is 11.5. The summed E-state index contributed by atoms with van der Waals surface area (Å²) in [7, 11) is 0. The van der Waals surface area contributed by atoms with Gasteiger partial charge >= 0.3 is 0 Å². The van der Waals surface area contributed by atoms with E-state index in [1.165, 1.54) is 5.56 Å². The molecule has 34 heavy (non-hydrogen) atoms. The lowest BCUT2D eigenvalue weighted by molar-refractivity contribution is 0.0937.